The molecule has 0 bridgehead atoms. The maximum Gasteiger partial charge on any atom is 0.407 e. The van der Waals surface area contributed by atoms with Gasteiger partial charge in [-0.3, -0.25) is 14.6 Å². The summed E-state index contributed by atoms with van der Waals surface area (Å²) in [5, 5.41) is 6.53. The first-order valence-corrected chi connectivity index (χ1v) is 14.9. The van der Waals surface area contributed by atoms with Crippen LogP contribution in [0.2, 0.25) is 0 Å². The lowest BCUT2D eigenvalue weighted by Gasteiger charge is -2.21. The summed E-state index contributed by atoms with van der Waals surface area (Å²) >= 11 is 0. The third-order valence-corrected chi connectivity index (χ3v) is 6.94. The molecular weight excluding hydrogens is 604 g/mol. The predicted octanol–water partition coefficient (Wildman–Crippen LogP) is 6.12. The van der Waals surface area contributed by atoms with E-state index in [1.54, 1.807) is 51.4 Å². The molecule has 47 heavy (non-hydrogen) atoms. The summed E-state index contributed by atoms with van der Waals surface area (Å²) < 4.78 is 33.5. The van der Waals surface area contributed by atoms with Gasteiger partial charge in [0.25, 0.3) is 0 Å². The van der Waals surface area contributed by atoms with Crippen molar-refractivity contribution in [2.45, 2.75) is 51.8 Å². The second-order valence-electron chi connectivity index (χ2n) is 11.9. The van der Waals surface area contributed by atoms with E-state index in [2.05, 4.69) is 27.2 Å². The third kappa shape index (κ3) is 9.95. The van der Waals surface area contributed by atoms with Crippen LogP contribution in [0.1, 0.15) is 54.8 Å². The zero-order valence-electron chi connectivity index (χ0n) is 26.4. The van der Waals surface area contributed by atoms with Crippen LogP contribution in [0.15, 0.2) is 91.3 Å². The fourth-order valence-corrected chi connectivity index (χ4v) is 4.97. The minimum atomic E-state index is -0.791. The number of alkyl carbamates (subject to hydrolysis) is 1. The van der Waals surface area contributed by atoms with Crippen LogP contribution in [-0.2, 0) is 33.7 Å². The highest BCUT2D eigenvalue weighted by Gasteiger charge is 2.21. The van der Waals surface area contributed by atoms with Gasteiger partial charge in [0.2, 0.25) is 11.8 Å². The molecule has 0 aliphatic carbocycles. The lowest BCUT2D eigenvalue weighted by atomic mass is 9.98. The Morgan fingerprint density at radius 2 is 1.83 bits per heavy atom. The van der Waals surface area contributed by atoms with Gasteiger partial charge in [-0.05, 0) is 79.8 Å². The number of hydrogen-bond donors (Lipinski definition) is 4. The van der Waals surface area contributed by atoms with Crippen LogP contribution in [0.4, 0.5) is 13.6 Å². The number of hydrogen-bond acceptors (Lipinski definition) is 5. The fourth-order valence-electron chi connectivity index (χ4n) is 4.97. The molecule has 0 aliphatic rings. The number of H-pyrrole nitrogens is 1. The molecule has 0 saturated carbocycles. The van der Waals surface area contributed by atoms with Crippen molar-refractivity contribution in [3.05, 3.63) is 131 Å². The highest BCUT2D eigenvalue weighted by Crippen LogP contribution is 2.25. The minimum Gasteiger partial charge on any atom is -0.444 e. The number of fused-ring (bicyclic) bond motifs is 1. The average Bonchev–Trinajstić information content (AvgIpc) is 3.38. The number of benzene rings is 2. The van der Waals surface area contributed by atoms with Gasteiger partial charge in [0.05, 0.1) is 18.2 Å². The second-order valence-corrected chi connectivity index (χ2v) is 11.9. The normalized spacial score (nSPS) is 12.6. The standard InChI is InChI=1S/C36H37F2N5O4/c1-5-7-25(34(39)45)11-10-24-8-6-13-40-33(24)31(17-23-14-27(37)19-28(38)15-23)43-32(44)18-26-21-41-30-16-22(9-12-29(26)30)20-42-35(46)47-36(2,3)4/h5-16,19,21,31,41H,1,17-18,20H2,2-4H3,(H2,39,45)(H,42,46)(H,43,44)/b11-10+,25-7+/t31-/m0/s1. The van der Waals surface area contributed by atoms with E-state index in [4.69, 9.17) is 10.5 Å². The Hall–Kier alpha value is -5.58. The van der Waals surface area contributed by atoms with Gasteiger partial charge in [0.15, 0.2) is 0 Å². The van der Waals surface area contributed by atoms with Crippen molar-refractivity contribution >= 4 is 34.9 Å². The van der Waals surface area contributed by atoms with Crippen molar-refractivity contribution in [3.8, 4) is 0 Å². The molecule has 0 fully saturated rings. The summed E-state index contributed by atoms with van der Waals surface area (Å²) in [7, 11) is 0. The molecule has 2 heterocycles. The van der Waals surface area contributed by atoms with Crippen molar-refractivity contribution < 1.29 is 27.9 Å². The average molecular weight is 642 g/mol. The Balaban J connectivity index is 1.57. The number of carbonyl (C=O) groups excluding carboxylic acids is 3. The number of halogens is 2. The molecule has 244 valence electrons. The number of allylic oxidation sites excluding steroid dienone is 2. The highest BCUT2D eigenvalue weighted by molar-refractivity contribution is 5.96. The SMILES string of the molecule is C=C/C=C(\C=C\c1cccnc1[C@H](Cc1cc(F)cc(F)c1)NC(=O)Cc1c[nH]c2cc(CNC(=O)OC(C)(C)C)ccc12)C(N)=O. The van der Waals surface area contributed by atoms with Gasteiger partial charge in [0.1, 0.15) is 17.2 Å². The number of nitrogens with zero attached hydrogens (tertiary/aromatic N) is 1. The number of carbonyl (C=O) groups is 3. The largest absolute Gasteiger partial charge is 0.444 e. The maximum atomic E-state index is 14.1. The van der Waals surface area contributed by atoms with Gasteiger partial charge < -0.3 is 26.1 Å². The molecule has 4 rings (SSSR count). The molecule has 9 nitrogen and oxygen atoms in total. The first kappa shape index (κ1) is 34.3. The summed E-state index contributed by atoms with van der Waals surface area (Å²) in [5.41, 5.74) is 8.69. The summed E-state index contributed by atoms with van der Waals surface area (Å²) in [4.78, 5) is 45.1. The van der Waals surface area contributed by atoms with Crippen molar-refractivity contribution in [1.29, 1.82) is 0 Å². The Bertz CT molecular complexity index is 1840. The van der Waals surface area contributed by atoms with Gasteiger partial charge in [-0.25, -0.2) is 13.6 Å². The smallest absolute Gasteiger partial charge is 0.407 e. The van der Waals surface area contributed by atoms with Crippen molar-refractivity contribution in [2.24, 2.45) is 5.73 Å². The van der Waals surface area contributed by atoms with Crippen LogP contribution in [-0.4, -0.2) is 33.5 Å². The lowest BCUT2D eigenvalue weighted by molar-refractivity contribution is -0.121. The molecule has 11 heteroatoms. The van der Waals surface area contributed by atoms with Crippen LogP contribution in [0.25, 0.3) is 17.0 Å². The topological polar surface area (TPSA) is 139 Å². The van der Waals surface area contributed by atoms with Crippen molar-refractivity contribution in [3.63, 3.8) is 0 Å². The number of pyridine rings is 1. The van der Waals surface area contributed by atoms with Gasteiger partial charge in [0, 0.05) is 41.5 Å². The van der Waals surface area contributed by atoms with Crippen LogP contribution < -0.4 is 16.4 Å². The summed E-state index contributed by atoms with van der Waals surface area (Å²) in [5.74, 6) is -2.50. The third-order valence-electron chi connectivity index (χ3n) is 6.94. The molecular formula is C36H37F2N5O4. The van der Waals surface area contributed by atoms with Gasteiger partial charge >= 0.3 is 6.09 Å². The van der Waals surface area contributed by atoms with Crippen LogP contribution in [0.5, 0.6) is 0 Å². The summed E-state index contributed by atoms with van der Waals surface area (Å²) in [6.45, 7) is 9.21. The minimum absolute atomic E-state index is 0.00454. The van der Waals surface area contributed by atoms with E-state index < -0.39 is 35.3 Å². The van der Waals surface area contributed by atoms with Gasteiger partial charge in [-0.2, -0.15) is 0 Å². The van der Waals surface area contributed by atoms with E-state index in [0.29, 0.717) is 16.8 Å². The quantitative estimate of drug-likeness (QED) is 0.109. The Morgan fingerprint density at radius 3 is 2.51 bits per heavy atom. The number of nitrogens with two attached hydrogens (primary N) is 1. The van der Waals surface area contributed by atoms with Gasteiger partial charge in [-0.15, -0.1) is 0 Å². The van der Waals surface area contributed by atoms with Crippen LogP contribution >= 0.6 is 0 Å². The molecule has 0 spiro atoms. The van der Waals surface area contributed by atoms with Crippen molar-refractivity contribution in [1.82, 2.24) is 20.6 Å². The summed E-state index contributed by atoms with van der Waals surface area (Å²) in [6.07, 6.45) is 8.82. The van der Waals surface area contributed by atoms with E-state index in [0.717, 1.165) is 28.1 Å². The number of aromatic amines is 1. The van der Waals surface area contributed by atoms with E-state index in [1.165, 1.54) is 30.4 Å². The van der Waals surface area contributed by atoms with Gasteiger partial charge in [-0.1, -0.05) is 43.0 Å². The van der Waals surface area contributed by atoms with Crippen molar-refractivity contribution in [2.75, 3.05) is 0 Å². The van der Waals surface area contributed by atoms with Crippen LogP contribution in [0, 0.1) is 11.6 Å². The zero-order chi connectivity index (χ0) is 34.1. The van der Waals surface area contributed by atoms with E-state index in [9.17, 15) is 23.2 Å². The maximum absolute atomic E-state index is 14.1. The monoisotopic (exact) mass is 641 g/mol. The molecule has 0 aliphatic heterocycles. The molecule has 0 saturated heterocycles. The lowest BCUT2D eigenvalue weighted by Crippen LogP contribution is -2.32. The first-order chi connectivity index (χ1) is 22.3. The summed E-state index contributed by atoms with van der Waals surface area (Å²) in [6, 6.07) is 11.4. The number of primary amides is 1. The van der Waals surface area contributed by atoms with E-state index >= 15 is 0 Å². The molecule has 3 amide bonds. The Labute approximate surface area is 271 Å². The Kier molecular flexibility index (Phi) is 11.0. The van der Waals surface area contributed by atoms with E-state index in [1.807, 2.05) is 18.2 Å². The fraction of sp³-hybridized carbons (Fsp3) is 0.222. The van der Waals surface area contributed by atoms with E-state index in [-0.39, 0.29) is 30.9 Å². The molecule has 4 aromatic rings. The number of amides is 3. The highest BCUT2D eigenvalue weighted by atomic mass is 19.1. The zero-order valence-corrected chi connectivity index (χ0v) is 26.4. The first-order valence-electron chi connectivity index (χ1n) is 14.9. The molecule has 2 aromatic carbocycles. The molecule has 2 aromatic heterocycles. The molecule has 1 atom stereocenters. The molecule has 0 radical (unpaired) electrons. The molecule has 5 N–H and O–H groups in total. The van der Waals surface area contributed by atoms with Crippen LogP contribution in [0.3, 0.4) is 0 Å². The molecule has 0 unspecified atom stereocenters. The second kappa shape index (κ2) is 15.1. The Morgan fingerprint density at radius 1 is 1.09 bits per heavy atom. The number of nitrogens with one attached hydrogen (secondary N) is 3. The number of rotatable bonds is 12. The predicted molar refractivity (Wildman–Crippen MR) is 177 cm³/mol. The number of ether oxygens (including phenoxy) is 1. The number of aromatic nitrogens is 2.